The molecule has 0 spiro atoms. The van der Waals surface area contributed by atoms with Crippen molar-refractivity contribution in [1.82, 2.24) is 9.38 Å². The molecule has 0 N–H and O–H groups in total. The van der Waals surface area contributed by atoms with Gasteiger partial charge in [0.25, 0.3) is 5.56 Å². The van der Waals surface area contributed by atoms with Crippen molar-refractivity contribution in [3.05, 3.63) is 75.8 Å². The zero-order chi connectivity index (χ0) is 20.2. The van der Waals surface area contributed by atoms with Crippen LogP contribution in [0.1, 0.15) is 34.5 Å². The summed E-state index contributed by atoms with van der Waals surface area (Å²) in [5, 5.41) is 0. The fourth-order valence-electron chi connectivity index (χ4n) is 3.23. The second-order valence-corrected chi connectivity index (χ2v) is 7.07. The van der Waals surface area contributed by atoms with Crippen LogP contribution in [0, 0.1) is 6.92 Å². The molecule has 0 bridgehead atoms. The average molecular weight is 394 g/mol. The van der Waals surface area contributed by atoms with Gasteiger partial charge in [-0.05, 0) is 49.6 Å². The Morgan fingerprint density at radius 3 is 3.00 bits per heavy atom. The molecule has 0 saturated carbocycles. The summed E-state index contributed by atoms with van der Waals surface area (Å²) >= 11 is 0. The molecule has 4 rings (SSSR count). The highest BCUT2D eigenvalue weighted by Gasteiger charge is 2.16. The number of nitrogens with zero attached hydrogens (tertiary/aromatic N) is 2. The van der Waals surface area contributed by atoms with Crippen molar-refractivity contribution in [3.63, 3.8) is 0 Å². The minimum Gasteiger partial charge on any atom is -0.491 e. The molecule has 1 aromatic carbocycles. The molecule has 0 amide bonds. The Bertz CT molecular complexity index is 1090. The third kappa shape index (κ3) is 4.63. The third-order valence-electron chi connectivity index (χ3n) is 4.74. The number of pyridine rings is 1. The predicted molar refractivity (Wildman–Crippen MR) is 106 cm³/mol. The molecule has 7 heteroatoms. The first-order chi connectivity index (χ1) is 14.1. The molecule has 3 aromatic rings. The summed E-state index contributed by atoms with van der Waals surface area (Å²) in [5.41, 5.74) is 2.04. The van der Waals surface area contributed by atoms with Gasteiger partial charge in [-0.3, -0.25) is 9.20 Å². The zero-order valence-electron chi connectivity index (χ0n) is 16.2. The topological polar surface area (TPSA) is 79.1 Å². The highest BCUT2D eigenvalue weighted by Crippen LogP contribution is 2.18. The quantitative estimate of drug-likeness (QED) is 0.598. The minimum atomic E-state index is -0.501. The average Bonchev–Trinajstić information content (AvgIpc) is 3.25. The van der Waals surface area contributed by atoms with Crippen molar-refractivity contribution >= 4 is 11.6 Å². The summed E-state index contributed by atoms with van der Waals surface area (Å²) in [6.45, 7) is 3.05. The van der Waals surface area contributed by atoms with E-state index in [0.717, 1.165) is 25.0 Å². The van der Waals surface area contributed by atoms with Gasteiger partial charge in [0.15, 0.2) is 0 Å². The van der Waals surface area contributed by atoms with Crippen molar-refractivity contribution in [2.75, 3.05) is 13.2 Å². The maximum absolute atomic E-state index is 12.4. The van der Waals surface area contributed by atoms with Crippen LogP contribution in [-0.4, -0.2) is 34.7 Å². The molecule has 1 saturated heterocycles. The van der Waals surface area contributed by atoms with Gasteiger partial charge in [0, 0.05) is 18.9 Å². The number of carbonyl (C=O) groups is 1. The van der Waals surface area contributed by atoms with Gasteiger partial charge < -0.3 is 14.2 Å². The van der Waals surface area contributed by atoms with E-state index < -0.39 is 5.97 Å². The number of hydrogen-bond donors (Lipinski definition) is 0. The van der Waals surface area contributed by atoms with E-state index in [2.05, 4.69) is 4.98 Å². The van der Waals surface area contributed by atoms with Crippen LogP contribution < -0.4 is 10.3 Å². The second kappa shape index (κ2) is 8.45. The summed E-state index contributed by atoms with van der Waals surface area (Å²) < 4.78 is 18.1. The molecule has 3 heterocycles. The number of rotatable bonds is 6. The largest absolute Gasteiger partial charge is 0.491 e. The first-order valence-corrected chi connectivity index (χ1v) is 9.59. The van der Waals surface area contributed by atoms with Gasteiger partial charge >= 0.3 is 5.97 Å². The Morgan fingerprint density at radius 2 is 2.17 bits per heavy atom. The standard InChI is InChI=1S/C22H22N2O5/c1-15-7-8-20-23-17(11-21(25)24(20)12-15)13-29-22(26)16-4-2-5-18(10-16)28-14-19-6-3-9-27-19/h2,4-5,7-8,10-12,19H,3,6,9,13-14H2,1H3/t19-/m1/s1. The van der Waals surface area contributed by atoms with Gasteiger partial charge in [0.2, 0.25) is 0 Å². The van der Waals surface area contributed by atoms with Crippen molar-refractivity contribution in [2.24, 2.45) is 0 Å². The van der Waals surface area contributed by atoms with Crippen molar-refractivity contribution in [2.45, 2.75) is 32.5 Å². The molecule has 1 atom stereocenters. The van der Waals surface area contributed by atoms with Gasteiger partial charge in [0.05, 0.1) is 17.4 Å². The fourth-order valence-corrected chi connectivity index (χ4v) is 3.23. The van der Waals surface area contributed by atoms with Gasteiger partial charge in [-0.2, -0.15) is 0 Å². The maximum Gasteiger partial charge on any atom is 0.338 e. The van der Waals surface area contributed by atoms with Gasteiger partial charge in [-0.25, -0.2) is 9.78 Å². The minimum absolute atomic E-state index is 0.0839. The zero-order valence-corrected chi connectivity index (χ0v) is 16.2. The summed E-state index contributed by atoms with van der Waals surface area (Å²) in [6, 6.07) is 11.8. The summed E-state index contributed by atoms with van der Waals surface area (Å²) in [7, 11) is 0. The van der Waals surface area contributed by atoms with Crippen LogP contribution in [0.2, 0.25) is 0 Å². The number of fused-ring (bicyclic) bond motifs is 1. The lowest BCUT2D eigenvalue weighted by molar-refractivity contribution is 0.0466. The van der Waals surface area contributed by atoms with Crippen molar-refractivity contribution in [1.29, 1.82) is 0 Å². The Labute approximate surface area is 167 Å². The highest BCUT2D eigenvalue weighted by molar-refractivity contribution is 5.89. The van der Waals surface area contributed by atoms with E-state index in [1.807, 2.05) is 13.0 Å². The SMILES string of the molecule is Cc1ccc2nc(COC(=O)c3cccc(OC[C@H]4CCCO4)c3)cc(=O)n2c1. The molecular formula is C22H22N2O5. The van der Waals surface area contributed by atoms with E-state index in [1.54, 1.807) is 36.5 Å². The number of ether oxygens (including phenoxy) is 3. The molecule has 1 aliphatic heterocycles. The lowest BCUT2D eigenvalue weighted by Crippen LogP contribution is -2.17. The monoisotopic (exact) mass is 394 g/mol. The lowest BCUT2D eigenvalue weighted by atomic mass is 10.2. The molecule has 0 radical (unpaired) electrons. The van der Waals surface area contributed by atoms with Crippen LogP contribution in [0.3, 0.4) is 0 Å². The Hall–Kier alpha value is -3.19. The lowest BCUT2D eigenvalue weighted by Gasteiger charge is -2.12. The van der Waals surface area contributed by atoms with Gasteiger partial charge in [-0.1, -0.05) is 12.1 Å². The molecule has 0 unspecified atom stereocenters. The van der Waals surface area contributed by atoms with Crippen molar-refractivity contribution in [3.8, 4) is 5.75 Å². The Kier molecular flexibility index (Phi) is 5.57. The number of aromatic nitrogens is 2. The first-order valence-electron chi connectivity index (χ1n) is 9.59. The Morgan fingerprint density at radius 1 is 1.28 bits per heavy atom. The fraction of sp³-hybridized carbons (Fsp3) is 0.318. The van der Waals surface area contributed by atoms with Crippen molar-refractivity contribution < 1.29 is 19.0 Å². The normalized spacial score (nSPS) is 16.1. The van der Waals surface area contributed by atoms with Crippen LogP contribution >= 0.6 is 0 Å². The molecule has 1 aliphatic rings. The third-order valence-corrected chi connectivity index (χ3v) is 4.74. The van der Waals surface area contributed by atoms with E-state index in [4.69, 9.17) is 14.2 Å². The van der Waals surface area contributed by atoms with Crippen LogP contribution in [0.25, 0.3) is 5.65 Å². The first kappa shape index (κ1) is 19.1. The summed E-state index contributed by atoms with van der Waals surface area (Å²) in [6.07, 6.45) is 3.86. The number of esters is 1. The van der Waals surface area contributed by atoms with E-state index in [1.165, 1.54) is 10.5 Å². The molecule has 1 fully saturated rings. The van der Waals surface area contributed by atoms with Gasteiger partial charge in [-0.15, -0.1) is 0 Å². The highest BCUT2D eigenvalue weighted by atomic mass is 16.5. The van der Waals surface area contributed by atoms with Crippen LogP contribution in [0.4, 0.5) is 0 Å². The molecular weight excluding hydrogens is 372 g/mol. The smallest absolute Gasteiger partial charge is 0.338 e. The van der Waals surface area contributed by atoms with E-state index in [0.29, 0.717) is 29.3 Å². The molecule has 7 nitrogen and oxygen atoms in total. The summed E-state index contributed by atoms with van der Waals surface area (Å²) in [4.78, 5) is 29.0. The van der Waals surface area contributed by atoms with Crippen LogP contribution in [-0.2, 0) is 16.1 Å². The maximum atomic E-state index is 12.4. The number of aryl methyl sites for hydroxylation is 1. The Balaban J connectivity index is 1.40. The number of hydrogen-bond acceptors (Lipinski definition) is 6. The number of benzene rings is 1. The van der Waals surface area contributed by atoms with E-state index in [-0.39, 0.29) is 18.3 Å². The second-order valence-electron chi connectivity index (χ2n) is 7.07. The summed E-state index contributed by atoms with van der Waals surface area (Å²) in [5.74, 6) is 0.0888. The predicted octanol–water partition coefficient (Wildman–Crippen LogP) is 2.92. The molecule has 29 heavy (non-hydrogen) atoms. The van der Waals surface area contributed by atoms with E-state index >= 15 is 0 Å². The molecule has 150 valence electrons. The van der Waals surface area contributed by atoms with Gasteiger partial charge in [0.1, 0.15) is 24.6 Å². The molecule has 0 aliphatic carbocycles. The van der Waals surface area contributed by atoms with E-state index in [9.17, 15) is 9.59 Å². The number of carbonyl (C=O) groups excluding carboxylic acids is 1. The van der Waals surface area contributed by atoms with Crippen LogP contribution in [0.15, 0.2) is 53.5 Å². The molecule has 2 aromatic heterocycles. The van der Waals surface area contributed by atoms with Crippen LogP contribution in [0.5, 0.6) is 5.75 Å².